The van der Waals surface area contributed by atoms with Crippen molar-refractivity contribution in [2.45, 2.75) is 0 Å². The molecule has 0 bridgehead atoms. The number of hydrogen-bond donors (Lipinski definition) is 0. The molecule has 0 aromatic heterocycles. The Labute approximate surface area is 74.3 Å². The van der Waals surface area contributed by atoms with E-state index in [-0.39, 0.29) is 51.6 Å². The fraction of sp³-hybridized carbons (Fsp3) is 0. The maximum Gasteiger partial charge on any atom is 1.00 e. The summed E-state index contributed by atoms with van der Waals surface area (Å²) in [6.07, 6.45) is 6.88. The predicted octanol–water partition coefficient (Wildman–Crippen LogP) is -3.31. The quantitative estimate of drug-likeness (QED) is 0.199. The van der Waals surface area contributed by atoms with Crippen molar-refractivity contribution < 1.29 is 56.4 Å². The topological polar surface area (TPSA) is 17.1 Å². The van der Waals surface area contributed by atoms with E-state index in [0.717, 1.165) is 6.29 Å². The zero-order valence-corrected chi connectivity index (χ0v) is 6.32. The van der Waals surface area contributed by atoms with Crippen molar-refractivity contribution in [3.63, 3.8) is 0 Å². The molecule has 0 fully saturated rings. The van der Waals surface area contributed by atoms with Crippen LogP contribution in [0.15, 0.2) is 0 Å². The average molecular weight is 148 g/mol. The Morgan fingerprint density at radius 1 is 1.67 bits per heavy atom. The van der Waals surface area contributed by atoms with E-state index in [2.05, 4.69) is 0 Å². The van der Waals surface area contributed by atoms with E-state index in [4.69, 9.17) is 11.2 Å². The van der Waals surface area contributed by atoms with Gasteiger partial charge in [0.1, 0.15) is 0 Å². The molecule has 0 aromatic carbocycles. The van der Waals surface area contributed by atoms with Crippen LogP contribution in [0.4, 0.5) is 0 Å². The standard InChI is InChI=1S/C3O.Li.Y/c1-2-3-4;;/q-2;+1;. The third-order valence-corrected chi connectivity index (χ3v) is 0.0510. The summed E-state index contributed by atoms with van der Waals surface area (Å²) in [5, 5.41) is 0. The van der Waals surface area contributed by atoms with Gasteiger partial charge in [0.2, 0.25) is 0 Å². The molecule has 0 saturated carbocycles. The van der Waals surface area contributed by atoms with Gasteiger partial charge in [0.05, 0.1) is 0 Å². The largest absolute Gasteiger partial charge is 1.00 e. The van der Waals surface area contributed by atoms with E-state index in [1.807, 2.05) is 0 Å². The van der Waals surface area contributed by atoms with Crippen molar-refractivity contribution >= 4 is 6.29 Å². The van der Waals surface area contributed by atoms with Gasteiger partial charge in [-0.05, 0) is 0 Å². The fourth-order valence-corrected chi connectivity index (χ4v) is 0. The first-order valence-electron chi connectivity index (χ1n) is 0.704. The molecule has 0 aliphatic heterocycles. The molecule has 3 heteroatoms. The third kappa shape index (κ3) is 20.4. The molecule has 0 rings (SSSR count). The minimum Gasteiger partial charge on any atom is -0.728 e. The Balaban J connectivity index is -0.0000000450. The molecule has 0 aliphatic rings. The second kappa shape index (κ2) is 16.8. The van der Waals surface area contributed by atoms with Crippen LogP contribution < -0.4 is 18.9 Å². The van der Waals surface area contributed by atoms with Gasteiger partial charge in [-0.2, -0.15) is 0 Å². The number of rotatable bonds is 0. The summed E-state index contributed by atoms with van der Waals surface area (Å²) < 4.78 is 0. The Kier molecular flexibility index (Phi) is 44.1. The molecule has 0 amide bonds. The maximum absolute atomic E-state index is 8.75. The Bertz CT molecular complexity index is 56.3. The van der Waals surface area contributed by atoms with Gasteiger partial charge in [-0.3, -0.25) is 0 Å². The molecule has 0 heterocycles. The van der Waals surface area contributed by atoms with E-state index in [1.54, 1.807) is 0 Å². The van der Waals surface area contributed by atoms with Crippen LogP contribution in [0.2, 0.25) is 0 Å². The van der Waals surface area contributed by atoms with Gasteiger partial charge in [-0.1, -0.05) is 0 Å². The van der Waals surface area contributed by atoms with Gasteiger partial charge in [-0.25, -0.2) is 6.29 Å². The zero-order valence-electron chi connectivity index (χ0n) is 3.49. The molecule has 0 aromatic rings. The molecule has 0 spiro atoms. The first-order valence-corrected chi connectivity index (χ1v) is 0.704. The van der Waals surface area contributed by atoms with Crippen LogP contribution in [0.5, 0.6) is 0 Å². The van der Waals surface area contributed by atoms with Crippen LogP contribution in [0.3, 0.4) is 0 Å². The van der Waals surface area contributed by atoms with Crippen LogP contribution in [0.1, 0.15) is 0 Å². The van der Waals surface area contributed by atoms with Gasteiger partial charge in [0.25, 0.3) is 0 Å². The van der Waals surface area contributed by atoms with Gasteiger partial charge >= 0.3 is 18.9 Å². The minimum absolute atomic E-state index is 0. The molecule has 0 N–H and O–H groups in total. The zero-order chi connectivity index (χ0) is 3.41. The van der Waals surface area contributed by atoms with Crippen molar-refractivity contribution in [2.75, 3.05) is 0 Å². The van der Waals surface area contributed by atoms with Crippen molar-refractivity contribution in [1.29, 1.82) is 0 Å². The van der Waals surface area contributed by atoms with Gasteiger partial charge in [-0.15, -0.1) is 0 Å². The monoisotopic (exact) mass is 148 g/mol. The molecular formula is C3LiOY-. The van der Waals surface area contributed by atoms with Crippen LogP contribution in [-0.2, 0) is 37.5 Å². The summed E-state index contributed by atoms with van der Waals surface area (Å²) in [6, 6.07) is 0. The van der Waals surface area contributed by atoms with Crippen molar-refractivity contribution in [1.82, 2.24) is 0 Å². The van der Waals surface area contributed by atoms with Crippen molar-refractivity contribution in [3.8, 4) is 5.92 Å². The molecule has 6 heavy (non-hydrogen) atoms. The van der Waals surface area contributed by atoms with Gasteiger partial charge in [0, 0.05) is 32.7 Å². The molecule has 23 valence electrons. The Hall–Kier alpha value is 0.931. The molecule has 0 unspecified atom stereocenters. The summed E-state index contributed by atoms with van der Waals surface area (Å²) in [4.78, 5) is 8.75. The van der Waals surface area contributed by atoms with Crippen LogP contribution in [0.25, 0.3) is 0 Å². The normalized spacial score (nSPS) is 2.50. The van der Waals surface area contributed by atoms with E-state index in [9.17, 15) is 0 Å². The number of hydrogen-bond acceptors (Lipinski definition) is 1. The number of carbonyl (C=O) groups excluding carboxylic acids is 1. The van der Waals surface area contributed by atoms with E-state index >= 15 is 0 Å². The second-order valence-corrected chi connectivity index (χ2v) is 0.227. The van der Waals surface area contributed by atoms with Crippen molar-refractivity contribution in [2.24, 2.45) is 0 Å². The van der Waals surface area contributed by atoms with Crippen LogP contribution in [0, 0.1) is 12.3 Å². The first kappa shape index (κ1) is 15.8. The minimum atomic E-state index is 0. The van der Waals surface area contributed by atoms with Crippen LogP contribution in [-0.4, -0.2) is 6.29 Å². The Morgan fingerprint density at radius 2 is 1.83 bits per heavy atom. The summed E-state index contributed by atoms with van der Waals surface area (Å²) >= 11 is 0. The Morgan fingerprint density at radius 3 is 1.83 bits per heavy atom. The molecular weight excluding hydrogens is 148 g/mol. The summed E-state index contributed by atoms with van der Waals surface area (Å²) in [6.45, 7) is 0. The predicted molar refractivity (Wildman–Crippen MR) is 12.8 cm³/mol. The maximum atomic E-state index is 8.75. The van der Waals surface area contributed by atoms with Gasteiger partial charge < -0.3 is 17.1 Å². The van der Waals surface area contributed by atoms with E-state index in [1.165, 1.54) is 5.92 Å². The van der Waals surface area contributed by atoms with E-state index in [0.29, 0.717) is 0 Å². The first-order chi connectivity index (χ1) is 1.91. The molecule has 0 aliphatic carbocycles. The second-order valence-electron chi connectivity index (χ2n) is 0.227. The third-order valence-electron chi connectivity index (χ3n) is 0.0510. The molecule has 1 nitrogen and oxygen atoms in total. The summed E-state index contributed by atoms with van der Waals surface area (Å²) in [5.74, 6) is 1.38. The molecule has 0 saturated heterocycles. The summed E-state index contributed by atoms with van der Waals surface area (Å²) in [5.41, 5.74) is 0. The van der Waals surface area contributed by atoms with E-state index < -0.39 is 0 Å². The van der Waals surface area contributed by atoms with Crippen molar-refractivity contribution in [3.05, 3.63) is 6.42 Å². The van der Waals surface area contributed by atoms with Crippen LogP contribution >= 0.6 is 0 Å². The summed E-state index contributed by atoms with van der Waals surface area (Å²) in [7, 11) is 0. The smallest absolute Gasteiger partial charge is 0.728 e. The SMILES string of the molecule is [C-]#C[C-]=O.[Li+].[Y]. The average Bonchev–Trinajstić information content (AvgIpc) is 1.37. The molecule has 0 atom stereocenters. The molecule has 1 radical (unpaired) electrons. The van der Waals surface area contributed by atoms with Gasteiger partial charge in [0.15, 0.2) is 0 Å². The fourth-order valence-electron chi connectivity index (χ4n) is 0.